The summed E-state index contributed by atoms with van der Waals surface area (Å²) in [5.74, 6) is 0.224. The number of carbonyl (C=O) groups excluding carboxylic acids is 1. The maximum absolute atomic E-state index is 12.1. The number of aromatic nitrogens is 2. The molecule has 3 rings (SSSR count). The summed E-state index contributed by atoms with van der Waals surface area (Å²) in [6.45, 7) is 5.00. The molecule has 1 atom stereocenters. The van der Waals surface area contributed by atoms with Gasteiger partial charge in [-0.05, 0) is 29.8 Å². The molecule has 0 unspecified atom stereocenters. The van der Waals surface area contributed by atoms with Crippen LogP contribution in [0.15, 0.2) is 43.2 Å². The van der Waals surface area contributed by atoms with Crippen LogP contribution in [0.5, 0.6) is 0 Å². The van der Waals surface area contributed by atoms with Gasteiger partial charge in [0.2, 0.25) is 5.91 Å². The second-order valence-electron chi connectivity index (χ2n) is 5.43. The third-order valence-electron chi connectivity index (χ3n) is 3.86. The van der Waals surface area contributed by atoms with Crippen molar-refractivity contribution in [1.29, 1.82) is 0 Å². The van der Waals surface area contributed by atoms with Crippen molar-refractivity contribution in [2.75, 3.05) is 25.5 Å². The number of anilines is 1. The summed E-state index contributed by atoms with van der Waals surface area (Å²) >= 11 is 6.27. The molecule has 1 saturated heterocycles. The lowest BCUT2D eigenvalue weighted by molar-refractivity contribution is -0.134. The van der Waals surface area contributed by atoms with E-state index < -0.39 is 0 Å². The average molecular weight is 345 g/mol. The van der Waals surface area contributed by atoms with E-state index in [0.29, 0.717) is 36.3 Å². The lowest BCUT2D eigenvalue weighted by Gasteiger charge is -2.35. The quantitative estimate of drug-likeness (QED) is 0.865. The first-order valence-corrected chi connectivity index (χ1v) is 7.85. The van der Waals surface area contributed by atoms with Gasteiger partial charge in [-0.1, -0.05) is 18.2 Å². The maximum atomic E-state index is 12.1. The van der Waals surface area contributed by atoms with E-state index in [9.17, 15) is 4.79 Å². The highest BCUT2D eigenvalue weighted by Crippen LogP contribution is 2.31. The van der Waals surface area contributed by atoms with Crippen LogP contribution in [0.25, 0.3) is 11.3 Å². The van der Waals surface area contributed by atoms with Crippen molar-refractivity contribution < 1.29 is 9.53 Å². The SMILES string of the molecule is C=CC(=O)N1CCOC[C@H]1c1cc(Cl)cc(-c2cnc(N)cn2)c1. The van der Waals surface area contributed by atoms with Crippen molar-refractivity contribution in [3.63, 3.8) is 0 Å². The minimum Gasteiger partial charge on any atom is -0.382 e. The minimum atomic E-state index is -0.219. The highest BCUT2D eigenvalue weighted by molar-refractivity contribution is 6.31. The molecule has 24 heavy (non-hydrogen) atoms. The van der Waals surface area contributed by atoms with Gasteiger partial charge in [-0.2, -0.15) is 0 Å². The van der Waals surface area contributed by atoms with Gasteiger partial charge in [-0.3, -0.25) is 9.78 Å². The molecule has 2 aromatic rings. The molecule has 1 aliphatic rings. The molecule has 0 saturated carbocycles. The number of amides is 1. The Morgan fingerprint density at radius 3 is 2.92 bits per heavy atom. The number of carbonyl (C=O) groups is 1. The van der Waals surface area contributed by atoms with Crippen molar-refractivity contribution in [3.05, 3.63) is 53.8 Å². The van der Waals surface area contributed by atoms with Gasteiger partial charge in [0.25, 0.3) is 0 Å². The van der Waals surface area contributed by atoms with Gasteiger partial charge >= 0.3 is 0 Å². The molecular formula is C17H17ClN4O2. The standard InChI is InChI=1S/C17H17ClN4O2/c1-2-17(23)22-3-4-24-10-15(22)12-5-11(6-13(18)7-12)14-8-21-16(19)9-20-14/h2,5-9,15H,1,3-4,10H2,(H2,19,21)/t15-/m0/s1. The second kappa shape index (κ2) is 6.98. The number of hydrogen-bond donors (Lipinski definition) is 1. The number of nitrogen functional groups attached to an aromatic ring is 1. The molecule has 0 bridgehead atoms. The molecule has 2 N–H and O–H groups in total. The Labute approximate surface area is 144 Å². The second-order valence-corrected chi connectivity index (χ2v) is 5.86. The monoisotopic (exact) mass is 344 g/mol. The highest BCUT2D eigenvalue weighted by Gasteiger charge is 2.27. The van der Waals surface area contributed by atoms with E-state index in [1.54, 1.807) is 17.2 Å². The number of rotatable bonds is 3. The van der Waals surface area contributed by atoms with Crippen LogP contribution in [0.2, 0.25) is 5.02 Å². The van der Waals surface area contributed by atoms with Crippen molar-refractivity contribution in [2.24, 2.45) is 0 Å². The molecular weight excluding hydrogens is 328 g/mol. The molecule has 1 fully saturated rings. The van der Waals surface area contributed by atoms with Crippen molar-refractivity contribution >= 4 is 23.3 Å². The third kappa shape index (κ3) is 3.39. The number of morpholine rings is 1. The summed E-state index contributed by atoms with van der Waals surface area (Å²) in [7, 11) is 0. The van der Waals surface area contributed by atoms with E-state index in [4.69, 9.17) is 22.1 Å². The Balaban J connectivity index is 1.99. The van der Waals surface area contributed by atoms with Gasteiger partial charge in [0.15, 0.2) is 0 Å². The number of benzene rings is 1. The fourth-order valence-electron chi connectivity index (χ4n) is 2.70. The Morgan fingerprint density at radius 2 is 2.21 bits per heavy atom. The van der Waals surface area contributed by atoms with Gasteiger partial charge in [0, 0.05) is 17.1 Å². The zero-order chi connectivity index (χ0) is 17.1. The molecule has 0 aliphatic carbocycles. The molecule has 1 aromatic carbocycles. The lowest BCUT2D eigenvalue weighted by atomic mass is 10.0. The molecule has 1 aliphatic heterocycles. The highest BCUT2D eigenvalue weighted by atomic mass is 35.5. The van der Waals surface area contributed by atoms with Gasteiger partial charge in [0.05, 0.1) is 37.3 Å². The van der Waals surface area contributed by atoms with Gasteiger partial charge < -0.3 is 15.4 Å². The Morgan fingerprint density at radius 1 is 1.38 bits per heavy atom. The van der Waals surface area contributed by atoms with Crippen molar-refractivity contribution in [2.45, 2.75) is 6.04 Å². The molecule has 7 heteroatoms. The summed E-state index contributed by atoms with van der Waals surface area (Å²) < 4.78 is 5.55. The topological polar surface area (TPSA) is 81.3 Å². The van der Waals surface area contributed by atoms with E-state index in [1.165, 1.54) is 12.3 Å². The summed E-state index contributed by atoms with van der Waals surface area (Å²) in [5, 5.41) is 0.553. The van der Waals surface area contributed by atoms with Crippen molar-refractivity contribution in [3.8, 4) is 11.3 Å². The number of hydrogen-bond acceptors (Lipinski definition) is 5. The largest absolute Gasteiger partial charge is 0.382 e. The molecule has 1 aromatic heterocycles. The molecule has 0 radical (unpaired) electrons. The van der Waals surface area contributed by atoms with E-state index in [0.717, 1.165) is 11.1 Å². The molecule has 2 heterocycles. The van der Waals surface area contributed by atoms with Crippen LogP contribution >= 0.6 is 11.6 Å². The predicted octanol–water partition coefficient (Wildman–Crippen LogP) is 2.47. The predicted molar refractivity (Wildman–Crippen MR) is 92.4 cm³/mol. The lowest BCUT2D eigenvalue weighted by Crippen LogP contribution is -2.42. The number of nitrogens with zero attached hydrogens (tertiary/aromatic N) is 3. The van der Waals surface area contributed by atoms with Crippen molar-refractivity contribution in [1.82, 2.24) is 14.9 Å². The number of ether oxygens (including phenoxy) is 1. The Hall–Kier alpha value is -2.44. The van der Waals surface area contributed by atoms with E-state index >= 15 is 0 Å². The van der Waals surface area contributed by atoms with E-state index in [1.807, 2.05) is 12.1 Å². The van der Waals surface area contributed by atoms with Crippen LogP contribution in [0.1, 0.15) is 11.6 Å². The van der Waals surface area contributed by atoms with Crippen LogP contribution in [-0.4, -0.2) is 40.5 Å². The van der Waals surface area contributed by atoms with E-state index in [-0.39, 0.29) is 11.9 Å². The number of nitrogens with two attached hydrogens (primary N) is 1. The first kappa shape index (κ1) is 16.4. The molecule has 0 spiro atoms. The molecule has 1 amide bonds. The van der Waals surface area contributed by atoms with Crippen LogP contribution in [0, 0.1) is 0 Å². The normalized spacial score (nSPS) is 17.5. The number of halogens is 1. The molecule has 124 valence electrons. The summed E-state index contributed by atoms with van der Waals surface area (Å²) in [6, 6.07) is 5.35. The van der Waals surface area contributed by atoms with Crippen LogP contribution < -0.4 is 5.73 Å². The third-order valence-corrected chi connectivity index (χ3v) is 4.08. The van der Waals surface area contributed by atoms with Gasteiger partial charge in [0.1, 0.15) is 5.82 Å². The maximum Gasteiger partial charge on any atom is 0.246 e. The fraction of sp³-hybridized carbons (Fsp3) is 0.235. The smallest absolute Gasteiger partial charge is 0.246 e. The zero-order valence-electron chi connectivity index (χ0n) is 13.0. The van der Waals surface area contributed by atoms with Crippen LogP contribution in [0.4, 0.5) is 5.82 Å². The summed E-state index contributed by atoms with van der Waals surface area (Å²) in [4.78, 5) is 22.2. The summed E-state index contributed by atoms with van der Waals surface area (Å²) in [6.07, 6.45) is 4.40. The molecule has 6 nitrogen and oxygen atoms in total. The summed E-state index contributed by atoms with van der Waals surface area (Å²) in [5.41, 5.74) is 7.92. The zero-order valence-corrected chi connectivity index (χ0v) is 13.7. The fourth-order valence-corrected chi connectivity index (χ4v) is 2.94. The first-order chi connectivity index (χ1) is 11.6. The average Bonchev–Trinajstić information content (AvgIpc) is 2.61. The minimum absolute atomic E-state index is 0.128. The first-order valence-electron chi connectivity index (χ1n) is 7.47. The van der Waals surface area contributed by atoms with Gasteiger partial charge in [-0.25, -0.2) is 4.98 Å². The van der Waals surface area contributed by atoms with Gasteiger partial charge in [-0.15, -0.1) is 0 Å². The van der Waals surface area contributed by atoms with E-state index in [2.05, 4.69) is 16.5 Å². The Bertz CT molecular complexity index is 764. The Kier molecular flexibility index (Phi) is 4.78. The van der Waals surface area contributed by atoms with Crippen LogP contribution in [-0.2, 0) is 9.53 Å². The van der Waals surface area contributed by atoms with Crippen LogP contribution in [0.3, 0.4) is 0 Å².